The predicted octanol–water partition coefficient (Wildman–Crippen LogP) is 4.56. The first-order valence-corrected chi connectivity index (χ1v) is 9.27. The second kappa shape index (κ2) is 7.66. The lowest BCUT2D eigenvalue weighted by Gasteiger charge is -2.26. The molecule has 1 amide bonds. The van der Waals surface area contributed by atoms with Crippen molar-refractivity contribution in [3.8, 4) is 11.3 Å². The summed E-state index contributed by atoms with van der Waals surface area (Å²) in [6, 6.07) is 18.1. The van der Waals surface area contributed by atoms with E-state index in [4.69, 9.17) is 4.74 Å². The van der Waals surface area contributed by atoms with Gasteiger partial charge in [-0.05, 0) is 24.0 Å². The van der Waals surface area contributed by atoms with Gasteiger partial charge in [-0.2, -0.15) is 0 Å². The molecule has 1 unspecified atom stereocenters. The van der Waals surface area contributed by atoms with Crippen molar-refractivity contribution in [1.82, 2.24) is 14.5 Å². The summed E-state index contributed by atoms with van der Waals surface area (Å²) < 4.78 is 7.59. The Balaban J connectivity index is 1.55. The molecule has 2 heterocycles. The zero-order valence-electron chi connectivity index (χ0n) is 15.4. The Labute approximate surface area is 159 Å². The number of aryl methyl sites for hydroxylation is 1. The van der Waals surface area contributed by atoms with E-state index in [1.54, 1.807) is 6.33 Å². The number of ether oxygens (including phenoxy) is 1. The topological polar surface area (TPSA) is 47.4 Å². The molecule has 0 aliphatic carbocycles. The number of imidazole rings is 1. The van der Waals surface area contributed by atoms with E-state index in [1.165, 1.54) is 0 Å². The van der Waals surface area contributed by atoms with Crippen molar-refractivity contribution in [2.45, 2.75) is 25.5 Å². The van der Waals surface area contributed by atoms with Crippen LogP contribution in [0, 0.1) is 0 Å². The van der Waals surface area contributed by atoms with Crippen LogP contribution in [0.15, 0.2) is 67.1 Å². The van der Waals surface area contributed by atoms with Crippen molar-refractivity contribution in [1.29, 1.82) is 0 Å². The highest BCUT2D eigenvalue weighted by Gasteiger charge is 2.32. The van der Waals surface area contributed by atoms with Crippen LogP contribution in [-0.4, -0.2) is 27.1 Å². The van der Waals surface area contributed by atoms with E-state index in [9.17, 15) is 4.79 Å². The Kier molecular flexibility index (Phi) is 4.92. The largest absolute Gasteiger partial charge is 0.445 e. The van der Waals surface area contributed by atoms with Gasteiger partial charge in [0.1, 0.15) is 6.61 Å². The second-order valence-corrected chi connectivity index (χ2v) is 6.87. The van der Waals surface area contributed by atoms with Gasteiger partial charge in [0, 0.05) is 19.2 Å². The summed E-state index contributed by atoms with van der Waals surface area (Å²) in [6.07, 6.45) is 5.33. The van der Waals surface area contributed by atoms with Crippen molar-refractivity contribution in [2.75, 3.05) is 6.54 Å². The summed E-state index contributed by atoms with van der Waals surface area (Å²) >= 11 is 0. The normalized spacial score (nSPS) is 16.5. The van der Waals surface area contributed by atoms with Gasteiger partial charge in [-0.15, -0.1) is 0 Å². The average molecular weight is 361 g/mol. The Morgan fingerprint density at radius 3 is 2.70 bits per heavy atom. The van der Waals surface area contributed by atoms with Gasteiger partial charge < -0.3 is 14.2 Å². The third-order valence-electron chi connectivity index (χ3n) is 5.10. The monoisotopic (exact) mass is 361 g/mol. The summed E-state index contributed by atoms with van der Waals surface area (Å²) in [5.74, 6) is 0. The first-order valence-electron chi connectivity index (χ1n) is 9.27. The molecule has 138 valence electrons. The summed E-state index contributed by atoms with van der Waals surface area (Å²) in [4.78, 5) is 18.9. The fraction of sp³-hybridized carbons (Fsp3) is 0.273. The Morgan fingerprint density at radius 1 is 1.15 bits per heavy atom. The number of amides is 1. The quantitative estimate of drug-likeness (QED) is 0.684. The number of carbonyl (C=O) groups is 1. The number of nitrogens with zero attached hydrogens (tertiary/aromatic N) is 3. The highest BCUT2D eigenvalue weighted by Crippen LogP contribution is 2.37. The summed E-state index contributed by atoms with van der Waals surface area (Å²) in [5, 5.41) is 0. The van der Waals surface area contributed by atoms with Crippen LogP contribution >= 0.6 is 0 Å². The van der Waals surface area contributed by atoms with Gasteiger partial charge in [0.05, 0.1) is 24.3 Å². The van der Waals surface area contributed by atoms with E-state index in [-0.39, 0.29) is 12.1 Å². The molecule has 1 aliphatic rings. The number of rotatable bonds is 4. The molecule has 5 heteroatoms. The standard InChI is InChI=1S/C22H23N3O2/c1-24-16-23-14-21(24)19-11-6-5-10-18(19)20-12-7-13-25(20)22(26)27-15-17-8-3-2-4-9-17/h2-6,8-11,14,16,20H,7,12-13,15H2,1H3. The van der Waals surface area contributed by atoms with E-state index in [2.05, 4.69) is 17.1 Å². The molecule has 1 aliphatic heterocycles. The molecule has 0 radical (unpaired) electrons. The molecule has 27 heavy (non-hydrogen) atoms. The Bertz CT molecular complexity index is 920. The smallest absolute Gasteiger partial charge is 0.410 e. The molecule has 1 atom stereocenters. The maximum atomic E-state index is 12.8. The zero-order valence-corrected chi connectivity index (χ0v) is 15.4. The lowest BCUT2D eigenvalue weighted by Crippen LogP contribution is -2.31. The molecule has 1 fully saturated rings. The van der Waals surface area contributed by atoms with Crippen molar-refractivity contribution in [3.05, 3.63) is 78.2 Å². The van der Waals surface area contributed by atoms with Crippen molar-refractivity contribution in [2.24, 2.45) is 7.05 Å². The zero-order chi connectivity index (χ0) is 18.6. The van der Waals surface area contributed by atoms with Crippen molar-refractivity contribution in [3.63, 3.8) is 0 Å². The molecule has 5 nitrogen and oxygen atoms in total. The number of likely N-dealkylation sites (tertiary alicyclic amines) is 1. The minimum Gasteiger partial charge on any atom is -0.445 e. The van der Waals surface area contributed by atoms with E-state index >= 15 is 0 Å². The molecular formula is C22H23N3O2. The molecule has 3 aromatic rings. The number of hydrogen-bond acceptors (Lipinski definition) is 3. The minimum atomic E-state index is -0.249. The first-order chi connectivity index (χ1) is 13.2. The average Bonchev–Trinajstić information content (AvgIpc) is 3.36. The molecule has 0 spiro atoms. The number of benzene rings is 2. The van der Waals surface area contributed by atoms with Crippen LogP contribution in [-0.2, 0) is 18.4 Å². The maximum Gasteiger partial charge on any atom is 0.410 e. The van der Waals surface area contributed by atoms with E-state index in [0.29, 0.717) is 6.61 Å². The van der Waals surface area contributed by atoms with Crippen LogP contribution < -0.4 is 0 Å². The Hall–Kier alpha value is -3.08. The minimum absolute atomic E-state index is 0.0272. The third kappa shape index (κ3) is 3.58. The lowest BCUT2D eigenvalue weighted by atomic mass is 9.96. The fourth-order valence-corrected chi connectivity index (χ4v) is 3.75. The van der Waals surface area contributed by atoms with Crippen LogP contribution in [0.1, 0.15) is 30.0 Å². The van der Waals surface area contributed by atoms with Crippen LogP contribution in [0.25, 0.3) is 11.3 Å². The van der Waals surface area contributed by atoms with Gasteiger partial charge in [0.25, 0.3) is 0 Å². The second-order valence-electron chi connectivity index (χ2n) is 6.87. The van der Waals surface area contributed by atoms with Gasteiger partial charge in [-0.25, -0.2) is 9.78 Å². The molecule has 1 aromatic heterocycles. The predicted molar refractivity (Wildman–Crippen MR) is 104 cm³/mol. The van der Waals surface area contributed by atoms with E-state index in [1.807, 2.05) is 65.2 Å². The number of carbonyl (C=O) groups excluding carboxylic acids is 1. The van der Waals surface area contributed by atoms with Crippen molar-refractivity contribution >= 4 is 6.09 Å². The molecular weight excluding hydrogens is 338 g/mol. The van der Waals surface area contributed by atoms with E-state index < -0.39 is 0 Å². The highest BCUT2D eigenvalue weighted by atomic mass is 16.6. The van der Waals surface area contributed by atoms with Gasteiger partial charge in [0.15, 0.2) is 0 Å². The molecule has 4 rings (SSSR count). The highest BCUT2D eigenvalue weighted by molar-refractivity contribution is 5.71. The molecule has 1 saturated heterocycles. The maximum absolute atomic E-state index is 12.8. The molecule has 0 bridgehead atoms. The molecule has 0 N–H and O–H groups in total. The third-order valence-corrected chi connectivity index (χ3v) is 5.10. The first kappa shape index (κ1) is 17.3. The van der Waals surface area contributed by atoms with Crippen LogP contribution in [0.3, 0.4) is 0 Å². The van der Waals surface area contributed by atoms with Gasteiger partial charge in [-0.3, -0.25) is 0 Å². The van der Waals surface area contributed by atoms with Gasteiger partial charge in [0.2, 0.25) is 0 Å². The Morgan fingerprint density at radius 2 is 1.93 bits per heavy atom. The summed E-state index contributed by atoms with van der Waals surface area (Å²) in [6.45, 7) is 1.02. The fourth-order valence-electron chi connectivity index (χ4n) is 3.75. The molecule has 2 aromatic carbocycles. The number of hydrogen-bond donors (Lipinski definition) is 0. The van der Waals surface area contributed by atoms with Gasteiger partial charge in [-0.1, -0.05) is 54.6 Å². The summed E-state index contributed by atoms with van der Waals surface area (Å²) in [7, 11) is 1.99. The van der Waals surface area contributed by atoms with Gasteiger partial charge >= 0.3 is 6.09 Å². The van der Waals surface area contributed by atoms with Crippen molar-refractivity contribution < 1.29 is 9.53 Å². The van der Waals surface area contributed by atoms with E-state index in [0.717, 1.165) is 41.8 Å². The molecule has 0 saturated carbocycles. The van der Waals surface area contributed by atoms with Crippen LogP contribution in [0.5, 0.6) is 0 Å². The van der Waals surface area contributed by atoms with Crippen LogP contribution in [0.4, 0.5) is 4.79 Å². The lowest BCUT2D eigenvalue weighted by molar-refractivity contribution is 0.0921. The summed E-state index contributed by atoms with van der Waals surface area (Å²) in [5.41, 5.74) is 4.31. The SMILES string of the molecule is Cn1cncc1-c1ccccc1C1CCCN1C(=O)OCc1ccccc1. The number of aromatic nitrogens is 2. The van der Waals surface area contributed by atoms with Crippen LogP contribution in [0.2, 0.25) is 0 Å².